The van der Waals surface area contributed by atoms with Crippen molar-refractivity contribution in [2.75, 3.05) is 13.2 Å². The second-order valence-electron chi connectivity index (χ2n) is 5.51. The van der Waals surface area contributed by atoms with Crippen LogP contribution >= 0.6 is 11.6 Å². The second-order valence-corrected chi connectivity index (χ2v) is 5.88. The molecule has 1 aliphatic rings. The zero-order valence-electron chi connectivity index (χ0n) is 13.8. The lowest BCUT2D eigenvalue weighted by atomic mass is 9.87. The van der Waals surface area contributed by atoms with Crippen LogP contribution in [0.4, 0.5) is 13.2 Å². The summed E-state index contributed by atoms with van der Waals surface area (Å²) in [5.41, 5.74) is -0.240. The molecular formula is C18H17ClF3NO3. The molecule has 0 aromatic heterocycles. The molecule has 8 heteroatoms. The van der Waals surface area contributed by atoms with E-state index in [1.165, 1.54) is 18.2 Å². The summed E-state index contributed by atoms with van der Waals surface area (Å²) in [4.78, 5) is 11.7. The lowest BCUT2D eigenvalue weighted by Crippen LogP contribution is -2.34. The first-order chi connectivity index (χ1) is 12.2. The molecule has 26 heavy (non-hydrogen) atoms. The van der Waals surface area contributed by atoms with Crippen molar-refractivity contribution in [1.29, 1.82) is 5.41 Å². The van der Waals surface area contributed by atoms with Crippen LogP contribution in [0.1, 0.15) is 12.5 Å². The Hall–Kier alpha value is -2.12. The SMILES string of the molecule is CCOC(C(=O)Cl)C1=CC=CC(=N)C1COc1cccc(C(F)(F)F)c1. The molecule has 0 aliphatic heterocycles. The van der Waals surface area contributed by atoms with Gasteiger partial charge in [-0.15, -0.1) is 0 Å². The molecule has 0 amide bonds. The van der Waals surface area contributed by atoms with Gasteiger partial charge in [-0.05, 0) is 48.4 Å². The Morgan fingerprint density at radius 1 is 1.38 bits per heavy atom. The Bertz CT molecular complexity index is 743. The van der Waals surface area contributed by atoms with Gasteiger partial charge in [0.15, 0.2) is 6.10 Å². The van der Waals surface area contributed by atoms with Crippen LogP contribution in [-0.4, -0.2) is 30.3 Å². The van der Waals surface area contributed by atoms with E-state index >= 15 is 0 Å². The third-order valence-corrected chi connectivity index (χ3v) is 3.96. The van der Waals surface area contributed by atoms with Gasteiger partial charge in [0.1, 0.15) is 12.4 Å². The van der Waals surface area contributed by atoms with E-state index in [1.54, 1.807) is 19.1 Å². The van der Waals surface area contributed by atoms with Gasteiger partial charge in [-0.3, -0.25) is 4.79 Å². The number of alkyl halides is 3. The summed E-state index contributed by atoms with van der Waals surface area (Å²) in [6.07, 6.45) is -0.799. The summed E-state index contributed by atoms with van der Waals surface area (Å²) >= 11 is 5.59. The van der Waals surface area contributed by atoms with Crippen LogP contribution < -0.4 is 4.74 Å². The van der Waals surface area contributed by atoms with Crippen molar-refractivity contribution < 1.29 is 27.4 Å². The highest BCUT2D eigenvalue weighted by molar-refractivity contribution is 6.65. The predicted molar refractivity (Wildman–Crippen MR) is 91.7 cm³/mol. The molecule has 0 saturated carbocycles. The van der Waals surface area contributed by atoms with Crippen LogP contribution in [0.2, 0.25) is 0 Å². The Morgan fingerprint density at radius 3 is 2.73 bits per heavy atom. The molecule has 1 N–H and O–H groups in total. The third kappa shape index (κ3) is 4.95. The highest BCUT2D eigenvalue weighted by Crippen LogP contribution is 2.32. The van der Waals surface area contributed by atoms with E-state index in [1.807, 2.05) is 0 Å². The van der Waals surface area contributed by atoms with Crippen molar-refractivity contribution in [3.63, 3.8) is 0 Å². The van der Waals surface area contributed by atoms with Crippen LogP contribution in [0.5, 0.6) is 5.75 Å². The first-order valence-electron chi connectivity index (χ1n) is 7.81. The van der Waals surface area contributed by atoms with Gasteiger partial charge in [0.05, 0.1) is 11.5 Å². The van der Waals surface area contributed by atoms with E-state index in [2.05, 4.69) is 0 Å². The Balaban J connectivity index is 2.18. The maximum Gasteiger partial charge on any atom is 0.416 e. The molecule has 0 heterocycles. The van der Waals surface area contributed by atoms with Crippen LogP contribution in [0.25, 0.3) is 0 Å². The monoisotopic (exact) mass is 387 g/mol. The number of hydrogen-bond acceptors (Lipinski definition) is 4. The minimum atomic E-state index is -4.48. The zero-order chi connectivity index (χ0) is 19.3. The number of carbonyl (C=O) groups is 1. The summed E-state index contributed by atoms with van der Waals surface area (Å²) < 4.78 is 49.2. The highest BCUT2D eigenvalue weighted by atomic mass is 35.5. The average Bonchev–Trinajstić information content (AvgIpc) is 2.58. The third-order valence-electron chi connectivity index (χ3n) is 3.76. The zero-order valence-corrected chi connectivity index (χ0v) is 14.6. The van der Waals surface area contributed by atoms with Gasteiger partial charge in [-0.2, -0.15) is 13.2 Å². The molecular weight excluding hydrogens is 371 g/mol. The first-order valence-corrected chi connectivity index (χ1v) is 8.19. The molecule has 0 fully saturated rings. The minimum absolute atomic E-state index is 0.0201. The van der Waals surface area contributed by atoms with Crippen molar-refractivity contribution in [2.45, 2.75) is 19.2 Å². The topological polar surface area (TPSA) is 59.4 Å². The molecule has 0 bridgehead atoms. The minimum Gasteiger partial charge on any atom is -0.493 e. The summed E-state index contributed by atoms with van der Waals surface area (Å²) in [5, 5.41) is 7.32. The number of carbonyl (C=O) groups excluding carboxylic acids is 1. The van der Waals surface area contributed by atoms with Crippen molar-refractivity contribution in [3.8, 4) is 5.75 Å². The molecule has 2 atom stereocenters. The van der Waals surface area contributed by atoms with E-state index in [-0.39, 0.29) is 24.7 Å². The lowest BCUT2D eigenvalue weighted by Gasteiger charge is -2.27. The standard InChI is InChI=1S/C18H17ClF3NO3/c1-2-25-16(17(19)24)13-7-4-8-15(23)14(13)10-26-12-6-3-5-11(9-12)18(20,21)22/h3-9,14,16,23H,2,10H2,1H3. The maximum absolute atomic E-state index is 12.8. The number of halogens is 4. The fraction of sp³-hybridized carbons (Fsp3) is 0.333. The molecule has 4 nitrogen and oxygen atoms in total. The van der Waals surface area contributed by atoms with Crippen molar-refractivity contribution in [1.82, 2.24) is 0 Å². The highest BCUT2D eigenvalue weighted by Gasteiger charge is 2.33. The molecule has 1 aliphatic carbocycles. The van der Waals surface area contributed by atoms with Crippen LogP contribution in [-0.2, 0) is 15.7 Å². The number of benzene rings is 1. The molecule has 0 spiro atoms. The van der Waals surface area contributed by atoms with E-state index < -0.39 is 29.0 Å². The van der Waals surface area contributed by atoms with Gasteiger partial charge in [-0.1, -0.05) is 18.2 Å². The van der Waals surface area contributed by atoms with Crippen molar-refractivity contribution in [3.05, 3.63) is 53.6 Å². The summed E-state index contributed by atoms with van der Waals surface area (Å²) in [6.45, 7) is 1.81. The average molecular weight is 388 g/mol. The molecule has 1 aromatic carbocycles. The Kier molecular flexibility index (Phi) is 6.61. The second kappa shape index (κ2) is 8.51. The van der Waals surface area contributed by atoms with Gasteiger partial charge < -0.3 is 14.9 Å². The van der Waals surface area contributed by atoms with Crippen LogP contribution in [0, 0.1) is 11.3 Å². The molecule has 1 aromatic rings. The smallest absolute Gasteiger partial charge is 0.416 e. The fourth-order valence-electron chi connectivity index (χ4n) is 2.53. The number of nitrogens with one attached hydrogen (secondary N) is 1. The largest absolute Gasteiger partial charge is 0.493 e. The molecule has 2 rings (SSSR count). The first kappa shape index (κ1) is 20.2. The van der Waals surface area contributed by atoms with Crippen LogP contribution in [0.15, 0.2) is 48.1 Å². The van der Waals surface area contributed by atoms with Gasteiger partial charge in [0.2, 0.25) is 0 Å². The lowest BCUT2D eigenvalue weighted by molar-refractivity contribution is -0.137. The van der Waals surface area contributed by atoms with Gasteiger partial charge in [0.25, 0.3) is 5.24 Å². The number of rotatable bonds is 7. The fourth-order valence-corrected chi connectivity index (χ4v) is 2.72. The maximum atomic E-state index is 12.8. The molecule has 0 radical (unpaired) electrons. The number of hydrogen-bond donors (Lipinski definition) is 1. The van der Waals surface area contributed by atoms with Crippen molar-refractivity contribution >= 4 is 22.6 Å². The summed E-state index contributed by atoms with van der Waals surface area (Å²) in [7, 11) is 0. The van der Waals surface area contributed by atoms with E-state index in [0.29, 0.717) is 5.57 Å². The number of allylic oxidation sites excluding steroid dienone is 3. The number of ether oxygens (including phenoxy) is 2. The quantitative estimate of drug-likeness (QED) is 0.706. The summed E-state index contributed by atoms with van der Waals surface area (Å²) in [6, 6.07) is 4.47. The van der Waals surface area contributed by atoms with Crippen LogP contribution in [0.3, 0.4) is 0 Å². The molecule has 0 saturated heterocycles. The predicted octanol–water partition coefficient (Wildman–Crippen LogP) is 4.39. The molecule has 2 unspecified atom stereocenters. The van der Waals surface area contributed by atoms with Gasteiger partial charge in [-0.25, -0.2) is 0 Å². The van der Waals surface area contributed by atoms with E-state index in [9.17, 15) is 18.0 Å². The molecule has 140 valence electrons. The van der Waals surface area contributed by atoms with Gasteiger partial charge in [0, 0.05) is 12.3 Å². The Labute approximate surface area is 153 Å². The van der Waals surface area contributed by atoms with Gasteiger partial charge >= 0.3 is 6.18 Å². The Morgan fingerprint density at radius 2 is 2.12 bits per heavy atom. The van der Waals surface area contributed by atoms with E-state index in [0.717, 1.165) is 12.1 Å². The van der Waals surface area contributed by atoms with Crippen molar-refractivity contribution in [2.24, 2.45) is 5.92 Å². The van der Waals surface area contributed by atoms with E-state index in [4.69, 9.17) is 26.5 Å². The normalized spacial score (nSPS) is 18.4. The summed E-state index contributed by atoms with van der Waals surface area (Å²) in [5.74, 6) is -0.638.